The summed E-state index contributed by atoms with van der Waals surface area (Å²) in [6, 6.07) is 7.63. The third-order valence-corrected chi connectivity index (χ3v) is 5.37. The van der Waals surface area contributed by atoms with Crippen LogP contribution in [-0.4, -0.2) is 77.6 Å². The van der Waals surface area contributed by atoms with Crippen LogP contribution in [0, 0.1) is 5.82 Å². The molecular formula is C21H24FN5O4. The zero-order valence-corrected chi connectivity index (χ0v) is 17.2. The molecule has 2 aliphatic heterocycles. The fraction of sp³-hybridized carbons (Fsp3) is 0.429. The summed E-state index contributed by atoms with van der Waals surface area (Å²) in [5, 5.41) is 0. The molecule has 164 valence electrons. The van der Waals surface area contributed by atoms with Crippen molar-refractivity contribution in [2.75, 3.05) is 44.7 Å². The van der Waals surface area contributed by atoms with E-state index in [1.165, 1.54) is 23.0 Å². The molecule has 4 rings (SSSR count). The molecular weight excluding hydrogens is 405 g/mol. The van der Waals surface area contributed by atoms with Crippen LogP contribution in [0.4, 0.5) is 14.9 Å². The van der Waals surface area contributed by atoms with Crippen LogP contribution >= 0.6 is 0 Å². The molecule has 2 saturated heterocycles. The number of piperidine rings is 1. The summed E-state index contributed by atoms with van der Waals surface area (Å²) in [5.41, 5.74) is 0.231. The molecule has 9 nitrogen and oxygen atoms in total. The predicted molar refractivity (Wildman–Crippen MR) is 110 cm³/mol. The second-order valence-corrected chi connectivity index (χ2v) is 7.41. The fourth-order valence-corrected chi connectivity index (χ4v) is 3.81. The van der Waals surface area contributed by atoms with Crippen LogP contribution in [0.1, 0.15) is 12.8 Å². The van der Waals surface area contributed by atoms with E-state index in [2.05, 4.69) is 9.97 Å². The highest BCUT2D eigenvalue weighted by Crippen LogP contribution is 2.24. The Labute approximate surface area is 179 Å². The van der Waals surface area contributed by atoms with E-state index in [0.717, 1.165) is 12.8 Å². The maximum Gasteiger partial charge on any atom is 0.325 e. The fourth-order valence-electron chi connectivity index (χ4n) is 3.81. The zero-order valence-electron chi connectivity index (χ0n) is 17.2. The van der Waals surface area contributed by atoms with Crippen molar-refractivity contribution in [2.24, 2.45) is 0 Å². The molecule has 0 radical (unpaired) electrons. The molecule has 0 aliphatic carbocycles. The Morgan fingerprint density at radius 2 is 2.06 bits per heavy atom. The van der Waals surface area contributed by atoms with Gasteiger partial charge in [-0.05, 0) is 25.0 Å². The molecule has 0 bridgehead atoms. The number of likely N-dealkylation sites (tertiary alicyclic amines) is 1. The van der Waals surface area contributed by atoms with Crippen LogP contribution in [0.5, 0.6) is 11.9 Å². The minimum atomic E-state index is -0.457. The minimum Gasteiger partial charge on any atom is -0.472 e. The maximum absolute atomic E-state index is 14.0. The van der Waals surface area contributed by atoms with E-state index in [4.69, 9.17) is 9.47 Å². The van der Waals surface area contributed by atoms with E-state index >= 15 is 0 Å². The highest BCUT2D eigenvalue weighted by Gasteiger charge is 2.34. The maximum atomic E-state index is 14.0. The first-order chi connectivity index (χ1) is 15.0. The first-order valence-electron chi connectivity index (χ1n) is 10.2. The second kappa shape index (κ2) is 9.15. The quantitative estimate of drug-likeness (QED) is 0.697. The molecule has 1 aromatic heterocycles. The second-order valence-electron chi connectivity index (χ2n) is 7.41. The number of hydrogen-bond acceptors (Lipinski definition) is 6. The number of amides is 3. The third-order valence-electron chi connectivity index (χ3n) is 5.37. The number of aromatic nitrogens is 2. The number of ether oxygens (including phenoxy) is 2. The molecule has 1 atom stereocenters. The van der Waals surface area contributed by atoms with Crippen molar-refractivity contribution < 1.29 is 23.5 Å². The van der Waals surface area contributed by atoms with Crippen LogP contribution in [0.25, 0.3) is 0 Å². The van der Waals surface area contributed by atoms with Crippen molar-refractivity contribution in [1.82, 2.24) is 19.8 Å². The molecule has 2 aromatic rings. The summed E-state index contributed by atoms with van der Waals surface area (Å²) in [5.74, 6) is -0.222. The Morgan fingerprint density at radius 3 is 2.87 bits per heavy atom. The van der Waals surface area contributed by atoms with Gasteiger partial charge in [0, 0.05) is 31.9 Å². The van der Waals surface area contributed by atoms with Crippen molar-refractivity contribution in [1.29, 1.82) is 0 Å². The molecule has 3 heterocycles. The number of anilines is 1. The smallest absolute Gasteiger partial charge is 0.325 e. The number of urea groups is 1. The monoisotopic (exact) mass is 429 g/mol. The molecule has 1 unspecified atom stereocenters. The highest BCUT2D eigenvalue weighted by molar-refractivity contribution is 5.96. The summed E-state index contributed by atoms with van der Waals surface area (Å²) < 4.78 is 25.0. The lowest BCUT2D eigenvalue weighted by molar-refractivity contribution is -0.134. The van der Waals surface area contributed by atoms with Gasteiger partial charge in [-0.3, -0.25) is 9.69 Å². The summed E-state index contributed by atoms with van der Waals surface area (Å²) in [6.07, 6.45) is 2.92. The Balaban J connectivity index is 1.34. The average Bonchev–Trinajstić information content (AvgIpc) is 3.14. The molecule has 2 fully saturated rings. The lowest BCUT2D eigenvalue weighted by atomic mass is 10.1. The number of carbonyl (C=O) groups is 2. The number of benzene rings is 1. The largest absolute Gasteiger partial charge is 0.472 e. The van der Waals surface area contributed by atoms with E-state index in [1.807, 2.05) is 0 Å². The van der Waals surface area contributed by atoms with Crippen molar-refractivity contribution in [3.8, 4) is 11.9 Å². The van der Waals surface area contributed by atoms with Gasteiger partial charge < -0.3 is 19.3 Å². The Hall–Kier alpha value is -3.43. The number of halogens is 1. The van der Waals surface area contributed by atoms with E-state index < -0.39 is 5.82 Å². The van der Waals surface area contributed by atoms with Crippen LogP contribution in [0.2, 0.25) is 0 Å². The average molecular weight is 429 g/mol. The Morgan fingerprint density at radius 1 is 1.23 bits per heavy atom. The van der Waals surface area contributed by atoms with Gasteiger partial charge in [0.2, 0.25) is 11.8 Å². The van der Waals surface area contributed by atoms with Crippen LogP contribution in [-0.2, 0) is 4.79 Å². The number of rotatable bonds is 6. The van der Waals surface area contributed by atoms with E-state index in [-0.39, 0.29) is 36.3 Å². The summed E-state index contributed by atoms with van der Waals surface area (Å²) in [4.78, 5) is 38.2. The van der Waals surface area contributed by atoms with Gasteiger partial charge in [-0.15, -0.1) is 0 Å². The molecule has 3 amide bonds. The third kappa shape index (κ3) is 4.68. The molecule has 0 spiro atoms. The lowest BCUT2D eigenvalue weighted by Gasteiger charge is -2.33. The van der Waals surface area contributed by atoms with Gasteiger partial charge >= 0.3 is 12.0 Å². The van der Waals surface area contributed by atoms with Gasteiger partial charge in [0.05, 0.1) is 19.3 Å². The number of para-hydroxylation sites is 1. The zero-order chi connectivity index (χ0) is 21.8. The number of nitrogens with zero attached hydrogens (tertiary/aromatic N) is 5. The van der Waals surface area contributed by atoms with Gasteiger partial charge in [0.25, 0.3) is 0 Å². The summed E-state index contributed by atoms with van der Waals surface area (Å²) in [6.45, 7) is 1.68. The lowest BCUT2D eigenvalue weighted by Crippen LogP contribution is -2.48. The molecule has 10 heteroatoms. The van der Waals surface area contributed by atoms with E-state index in [1.54, 1.807) is 35.4 Å². The Kier molecular flexibility index (Phi) is 6.15. The number of hydrogen-bond donors (Lipinski definition) is 0. The van der Waals surface area contributed by atoms with E-state index in [0.29, 0.717) is 32.1 Å². The first-order valence-corrected chi connectivity index (χ1v) is 10.2. The predicted octanol–water partition coefficient (Wildman–Crippen LogP) is 1.94. The number of methoxy groups -OCH3 is 1. The SMILES string of the molecule is COc1nccc(OC2CCCN(C(=O)CN3CCN(c4ccccc4F)C3=O)C2)n1. The van der Waals surface area contributed by atoms with Crippen molar-refractivity contribution in [3.63, 3.8) is 0 Å². The van der Waals surface area contributed by atoms with Crippen LogP contribution in [0.15, 0.2) is 36.5 Å². The van der Waals surface area contributed by atoms with Crippen molar-refractivity contribution in [3.05, 3.63) is 42.3 Å². The first kappa shape index (κ1) is 20.8. The van der Waals surface area contributed by atoms with E-state index in [9.17, 15) is 14.0 Å². The van der Waals surface area contributed by atoms with Gasteiger partial charge in [0.15, 0.2) is 0 Å². The summed E-state index contributed by atoms with van der Waals surface area (Å²) >= 11 is 0. The molecule has 1 aromatic carbocycles. The molecule has 0 N–H and O–H groups in total. The van der Waals surface area contributed by atoms with Crippen LogP contribution in [0.3, 0.4) is 0 Å². The van der Waals surface area contributed by atoms with Crippen molar-refractivity contribution in [2.45, 2.75) is 18.9 Å². The summed E-state index contributed by atoms with van der Waals surface area (Å²) in [7, 11) is 1.48. The molecule has 31 heavy (non-hydrogen) atoms. The standard InChI is InChI=1S/C21H24FN5O4/c1-30-20-23-9-8-18(24-20)31-15-5-4-10-25(13-15)19(28)14-26-11-12-27(21(26)29)17-7-3-2-6-16(17)22/h2-3,6-9,15H,4-5,10-14H2,1H3. The highest BCUT2D eigenvalue weighted by atomic mass is 19.1. The van der Waals surface area contributed by atoms with Crippen LogP contribution < -0.4 is 14.4 Å². The van der Waals surface area contributed by atoms with Gasteiger partial charge in [-0.25, -0.2) is 14.2 Å². The Bertz CT molecular complexity index is 959. The normalized spacial score (nSPS) is 19.0. The number of carbonyl (C=O) groups excluding carboxylic acids is 2. The minimum absolute atomic E-state index is 0.0438. The van der Waals surface area contributed by atoms with Gasteiger partial charge in [-0.1, -0.05) is 12.1 Å². The molecule has 0 saturated carbocycles. The van der Waals surface area contributed by atoms with Gasteiger partial charge in [-0.2, -0.15) is 4.98 Å². The topological polar surface area (TPSA) is 88.1 Å². The molecule has 2 aliphatic rings. The van der Waals surface area contributed by atoms with Crippen molar-refractivity contribution >= 4 is 17.6 Å². The van der Waals surface area contributed by atoms with Gasteiger partial charge in [0.1, 0.15) is 18.5 Å².